The van der Waals surface area contributed by atoms with E-state index in [2.05, 4.69) is 37.6 Å². The number of fused-ring (bicyclic) bond motifs is 3. The zero-order valence-electron chi connectivity index (χ0n) is 17.4. The van der Waals surface area contributed by atoms with Crippen LogP contribution in [0, 0.1) is 13.8 Å². The molecule has 2 heterocycles. The molecular weight excluding hydrogens is 438 g/mol. The lowest BCUT2D eigenvalue weighted by Gasteiger charge is -2.12. The van der Waals surface area contributed by atoms with Crippen molar-refractivity contribution in [1.29, 1.82) is 0 Å². The number of aryl methyl sites for hydroxylation is 2. The van der Waals surface area contributed by atoms with E-state index in [0.29, 0.717) is 33.0 Å². The van der Waals surface area contributed by atoms with Gasteiger partial charge in [0.05, 0.1) is 30.7 Å². The highest BCUT2D eigenvalue weighted by Gasteiger charge is 2.15. The van der Waals surface area contributed by atoms with E-state index in [1.54, 1.807) is 12.1 Å². The summed E-state index contributed by atoms with van der Waals surface area (Å²) in [4.78, 5) is 20.4. The van der Waals surface area contributed by atoms with Crippen molar-refractivity contribution in [3.8, 4) is 11.5 Å². The van der Waals surface area contributed by atoms with Crippen LogP contribution in [0.4, 0.5) is 5.69 Å². The fraction of sp³-hybridized carbons (Fsp3) is 0.238. The number of halogens is 1. The number of hydrogen-bond acceptors (Lipinski definition) is 7. The molecule has 4 rings (SSSR count). The Morgan fingerprint density at radius 1 is 1.13 bits per heavy atom. The molecule has 0 aliphatic heterocycles. The van der Waals surface area contributed by atoms with Gasteiger partial charge in [-0.25, -0.2) is 4.98 Å². The van der Waals surface area contributed by atoms with Gasteiger partial charge in [0, 0.05) is 17.0 Å². The minimum absolute atomic E-state index is 0.0977. The van der Waals surface area contributed by atoms with Gasteiger partial charge in [-0.1, -0.05) is 29.4 Å². The summed E-state index contributed by atoms with van der Waals surface area (Å²) in [6, 6.07) is 7.36. The molecule has 0 saturated carbocycles. The number of methoxy groups -OCH3 is 2. The van der Waals surface area contributed by atoms with Gasteiger partial charge in [0.2, 0.25) is 11.1 Å². The monoisotopic (exact) mass is 457 g/mol. The smallest absolute Gasteiger partial charge is 0.234 e. The third kappa shape index (κ3) is 4.24. The summed E-state index contributed by atoms with van der Waals surface area (Å²) in [5.74, 6) is 0.755. The average molecular weight is 458 g/mol. The van der Waals surface area contributed by atoms with Crippen LogP contribution in [-0.2, 0) is 4.79 Å². The van der Waals surface area contributed by atoms with Crippen LogP contribution in [0.5, 0.6) is 11.5 Å². The molecule has 4 aromatic rings. The van der Waals surface area contributed by atoms with E-state index < -0.39 is 0 Å². The number of hydrogen-bond donors (Lipinski definition) is 2. The van der Waals surface area contributed by atoms with Crippen LogP contribution in [0.1, 0.15) is 11.1 Å². The van der Waals surface area contributed by atoms with Crippen LogP contribution in [0.25, 0.3) is 22.1 Å². The molecule has 0 aliphatic carbocycles. The highest BCUT2D eigenvalue weighted by molar-refractivity contribution is 7.99. The fourth-order valence-electron chi connectivity index (χ4n) is 3.41. The van der Waals surface area contributed by atoms with Crippen LogP contribution in [0.2, 0.25) is 5.02 Å². The molecule has 160 valence electrons. The molecule has 10 heteroatoms. The highest BCUT2D eigenvalue weighted by Crippen LogP contribution is 2.36. The Bertz CT molecular complexity index is 1310. The van der Waals surface area contributed by atoms with Crippen LogP contribution in [-0.4, -0.2) is 46.0 Å². The summed E-state index contributed by atoms with van der Waals surface area (Å²) >= 11 is 7.36. The summed E-state index contributed by atoms with van der Waals surface area (Å²) in [6.07, 6.45) is 0. The molecule has 1 amide bonds. The molecular formula is C21H20ClN5O3S. The van der Waals surface area contributed by atoms with Gasteiger partial charge in [-0.3, -0.25) is 4.79 Å². The van der Waals surface area contributed by atoms with Crippen molar-refractivity contribution in [1.82, 2.24) is 20.2 Å². The molecule has 2 N–H and O–H groups in total. The van der Waals surface area contributed by atoms with E-state index >= 15 is 0 Å². The molecule has 2 aromatic carbocycles. The number of benzene rings is 2. The normalized spacial score (nSPS) is 11.1. The van der Waals surface area contributed by atoms with Crippen molar-refractivity contribution < 1.29 is 14.3 Å². The Labute approximate surface area is 187 Å². The number of H-pyrrole nitrogens is 1. The number of anilines is 1. The number of amides is 1. The summed E-state index contributed by atoms with van der Waals surface area (Å²) in [7, 11) is 3.02. The number of aromatic amines is 1. The van der Waals surface area contributed by atoms with E-state index in [4.69, 9.17) is 21.1 Å². The molecule has 0 atom stereocenters. The maximum atomic E-state index is 12.5. The zero-order chi connectivity index (χ0) is 22.1. The van der Waals surface area contributed by atoms with E-state index in [9.17, 15) is 4.79 Å². The first-order valence-electron chi connectivity index (χ1n) is 9.37. The van der Waals surface area contributed by atoms with Crippen LogP contribution >= 0.6 is 23.4 Å². The highest BCUT2D eigenvalue weighted by atomic mass is 35.5. The van der Waals surface area contributed by atoms with Crippen molar-refractivity contribution in [2.24, 2.45) is 0 Å². The number of nitrogens with one attached hydrogen (secondary N) is 2. The zero-order valence-corrected chi connectivity index (χ0v) is 18.9. The standard InChI is InChI=1S/C21H20ClN5O3S/c1-10-5-11(2)18-14(6-10)24-20-19(18)25-21(27-26-20)31-9-17(28)23-13-7-12(22)15(29-3)8-16(13)30-4/h5-8H,9H2,1-4H3,(H,23,28)(H,24,26). The summed E-state index contributed by atoms with van der Waals surface area (Å²) in [5.41, 5.74) is 5.06. The van der Waals surface area contributed by atoms with E-state index in [0.717, 1.165) is 27.5 Å². The summed E-state index contributed by atoms with van der Waals surface area (Å²) < 4.78 is 10.5. The lowest BCUT2D eigenvalue weighted by atomic mass is 10.1. The Morgan fingerprint density at radius 3 is 2.65 bits per heavy atom. The Hall–Kier alpha value is -3.04. The minimum Gasteiger partial charge on any atom is -0.495 e. The van der Waals surface area contributed by atoms with Gasteiger partial charge in [-0.15, -0.1) is 10.2 Å². The Balaban J connectivity index is 1.52. The second kappa shape index (κ2) is 8.60. The van der Waals surface area contributed by atoms with Gasteiger partial charge in [0.15, 0.2) is 5.65 Å². The first-order chi connectivity index (χ1) is 14.9. The third-order valence-corrected chi connectivity index (χ3v) is 5.85. The lowest BCUT2D eigenvalue weighted by molar-refractivity contribution is -0.113. The number of thioether (sulfide) groups is 1. The van der Waals surface area contributed by atoms with Gasteiger partial charge >= 0.3 is 0 Å². The maximum absolute atomic E-state index is 12.5. The van der Waals surface area contributed by atoms with Gasteiger partial charge in [0.25, 0.3) is 0 Å². The lowest BCUT2D eigenvalue weighted by Crippen LogP contribution is -2.15. The van der Waals surface area contributed by atoms with Crippen molar-refractivity contribution in [2.45, 2.75) is 19.0 Å². The van der Waals surface area contributed by atoms with Crippen molar-refractivity contribution in [3.63, 3.8) is 0 Å². The van der Waals surface area contributed by atoms with Gasteiger partial charge in [0.1, 0.15) is 17.0 Å². The fourth-order valence-corrected chi connectivity index (χ4v) is 4.24. The Kier molecular flexibility index (Phi) is 5.88. The largest absolute Gasteiger partial charge is 0.495 e. The molecule has 0 spiro atoms. The molecule has 0 radical (unpaired) electrons. The van der Waals surface area contributed by atoms with Crippen LogP contribution in [0.3, 0.4) is 0 Å². The maximum Gasteiger partial charge on any atom is 0.234 e. The van der Waals surface area contributed by atoms with E-state index in [1.165, 1.54) is 26.0 Å². The molecule has 2 aromatic heterocycles. The molecule has 0 unspecified atom stereocenters. The predicted octanol–water partition coefficient (Wildman–Crippen LogP) is 4.52. The molecule has 0 fully saturated rings. The number of carbonyl (C=O) groups is 1. The molecule has 0 aliphatic rings. The van der Waals surface area contributed by atoms with Crippen molar-refractivity contribution in [2.75, 3.05) is 25.3 Å². The summed E-state index contributed by atoms with van der Waals surface area (Å²) in [6.45, 7) is 4.08. The van der Waals surface area contributed by atoms with Gasteiger partial charge in [-0.2, -0.15) is 0 Å². The number of ether oxygens (including phenoxy) is 2. The SMILES string of the molecule is COc1cc(OC)c(NC(=O)CSc2nnc3[nH]c4cc(C)cc(C)c4c3n2)cc1Cl. The number of rotatable bonds is 6. The first-order valence-corrected chi connectivity index (χ1v) is 10.7. The number of aromatic nitrogens is 4. The topological polar surface area (TPSA) is 102 Å². The number of carbonyl (C=O) groups excluding carboxylic acids is 1. The van der Waals surface area contributed by atoms with Crippen LogP contribution < -0.4 is 14.8 Å². The van der Waals surface area contributed by atoms with E-state index in [1.807, 2.05) is 13.8 Å². The van der Waals surface area contributed by atoms with Gasteiger partial charge in [-0.05, 0) is 37.1 Å². The predicted molar refractivity (Wildman–Crippen MR) is 123 cm³/mol. The summed E-state index contributed by atoms with van der Waals surface area (Å²) in [5, 5.41) is 13.0. The molecule has 0 saturated heterocycles. The second-order valence-corrected chi connectivity index (χ2v) is 8.29. The average Bonchev–Trinajstić information content (AvgIpc) is 3.10. The number of nitrogens with zero attached hydrogens (tertiary/aromatic N) is 3. The van der Waals surface area contributed by atoms with Crippen LogP contribution in [0.15, 0.2) is 29.4 Å². The minimum atomic E-state index is -0.251. The first kappa shape index (κ1) is 21.2. The third-order valence-electron chi connectivity index (χ3n) is 4.72. The molecule has 31 heavy (non-hydrogen) atoms. The quantitative estimate of drug-likeness (QED) is 0.410. The molecule has 8 nitrogen and oxygen atoms in total. The van der Waals surface area contributed by atoms with Crippen molar-refractivity contribution in [3.05, 3.63) is 40.4 Å². The second-order valence-electron chi connectivity index (χ2n) is 6.94. The van der Waals surface area contributed by atoms with Gasteiger partial charge < -0.3 is 19.8 Å². The van der Waals surface area contributed by atoms with E-state index in [-0.39, 0.29) is 11.7 Å². The van der Waals surface area contributed by atoms with Crippen molar-refractivity contribution >= 4 is 57.0 Å². The molecule has 0 bridgehead atoms. The Morgan fingerprint density at radius 2 is 1.90 bits per heavy atom.